The fourth-order valence-corrected chi connectivity index (χ4v) is 9.48. The summed E-state index contributed by atoms with van der Waals surface area (Å²) < 4.78 is 11.8. The molecule has 2 aliphatic rings. The maximum absolute atomic E-state index is 12.4. The summed E-state index contributed by atoms with van der Waals surface area (Å²) >= 11 is 0. The minimum Gasteiger partial charge on any atom is -0.508 e. The molecule has 0 bridgehead atoms. The van der Waals surface area contributed by atoms with E-state index in [1.54, 1.807) is 12.1 Å². The number of ether oxygens (including phenoxy) is 2. The van der Waals surface area contributed by atoms with Gasteiger partial charge in [0.15, 0.2) is 0 Å². The number of hydrogen-bond acceptors (Lipinski definition) is 9. The zero-order chi connectivity index (χ0) is 39.2. The van der Waals surface area contributed by atoms with Gasteiger partial charge in [0.25, 0.3) is 0 Å². The number of aryl methyl sites for hydroxylation is 2. The average Bonchev–Trinajstić information content (AvgIpc) is 3.12. The smallest absolute Gasteiger partial charge is 0.135 e. The quantitative estimate of drug-likeness (QED) is 0.0916. The lowest BCUT2D eigenvalue weighted by Crippen LogP contribution is -2.33. The van der Waals surface area contributed by atoms with Crippen molar-refractivity contribution in [3.8, 4) is 79.4 Å². The number of methoxy groups -OCH3 is 2. The summed E-state index contributed by atoms with van der Waals surface area (Å²) in [5.74, 6) is 0.668. The first-order valence-electron chi connectivity index (χ1n) is 18.8. The van der Waals surface area contributed by atoms with Gasteiger partial charge in [0.1, 0.15) is 46.0 Å². The third kappa shape index (κ3) is 5.63. The lowest BCUT2D eigenvalue weighted by Gasteiger charge is -2.31. The first-order chi connectivity index (χ1) is 26.2. The second-order valence-electron chi connectivity index (χ2n) is 15.8. The van der Waals surface area contributed by atoms with E-state index in [0.717, 1.165) is 34.2 Å². The predicted octanol–water partition coefficient (Wildman–Crippen LogP) is 9.58. The Bertz CT molecular complexity index is 2590. The summed E-state index contributed by atoms with van der Waals surface area (Å²) in [6.07, 6.45) is 2.03. The van der Waals surface area contributed by atoms with Gasteiger partial charge in [-0.15, -0.1) is 0 Å². The van der Waals surface area contributed by atoms with Crippen LogP contribution >= 0.6 is 0 Å². The van der Waals surface area contributed by atoms with E-state index in [2.05, 4.69) is 19.2 Å². The van der Waals surface area contributed by atoms with E-state index in [-0.39, 0.29) is 63.5 Å². The molecule has 0 saturated heterocycles. The first-order valence-corrected chi connectivity index (χ1v) is 18.8. The van der Waals surface area contributed by atoms with Crippen LogP contribution in [0.25, 0.3) is 54.9 Å². The number of hydrogen-bond donors (Lipinski definition) is 7. The second-order valence-corrected chi connectivity index (χ2v) is 15.8. The van der Waals surface area contributed by atoms with Crippen molar-refractivity contribution in [2.75, 3.05) is 14.2 Å². The first kappa shape index (κ1) is 36.2. The Morgan fingerprint density at radius 2 is 1.07 bits per heavy atom. The average molecular weight is 742 g/mol. The van der Waals surface area contributed by atoms with Crippen LogP contribution in [0.2, 0.25) is 0 Å². The summed E-state index contributed by atoms with van der Waals surface area (Å²) in [7, 11) is 3.07. The molecule has 3 atom stereocenters. The summed E-state index contributed by atoms with van der Waals surface area (Å²) in [5, 5.41) is 75.9. The third-order valence-electron chi connectivity index (χ3n) is 11.8. The van der Waals surface area contributed by atoms with Crippen LogP contribution in [0.15, 0.2) is 48.5 Å². The fourth-order valence-electron chi connectivity index (χ4n) is 9.48. The highest BCUT2D eigenvalue weighted by atomic mass is 16.5. The van der Waals surface area contributed by atoms with Gasteiger partial charge in [0, 0.05) is 58.1 Å². The molecule has 0 spiro atoms. The molecule has 1 aliphatic carbocycles. The number of phenolic OH excluding ortho intramolecular Hbond substituents is 6. The van der Waals surface area contributed by atoms with Crippen LogP contribution in [0.3, 0.4) is 0 Å². The lowest BCUT2D eigenvalue weighted by molar-refractivity contribution is 0.406. The molecule has 0 aromatic heterocycles. The monoisotopic (exact) mass is 741 g/mol. The third-order valence-corrected chi connectivity index (χ3v) is 11.8. The summed E-state index contributed by atoms with van der Waals surface area (Å²) in [6, 6.07) is 13.9. The van der Waals surface area contributed by atoms with Crippen molar-refractivity contribution in [1.82, 2.24) is 5.32 Å². The van der Waals surface area contributed by atoms with Gasteiger partial charge >= 0.3 is 0 Å². The van der Waals surface area contributed by atoms with Gasteiger partial charge in [-0.3, -0.25) is 0 Å². The maximum atomic E-state index is 12.4. The van der Waals surface area contributed by atoms with Crippen molar-refractivity contribution in [3.63, 3.8) is 0 Å². The maximum Gasteiger partial charge on any atom is 0.135 e. The van der Waals surface area contributed by atoms with Gasteiger partial charge < -0.3 is 45.4 Å². The van der Waals surface area contributed by atoms with Crippen molar-refractivity contribution in [3.05, 3.63) is 81.9 Å². The highest BCUT2D eigenvalue weighted by molar-refractivity contribution is 6.13. The molecule has 0 unspecified atom stereocenters. The Kier molecular flexibility index (Phi) is 8.68. The summed E-state index contributed by atoms with van der Waals surface area (Å²) in [5.41, 5.74) is 7.59. The van der Waals surface area contributed by atoms with E-state index in [4.69, 9.17) is 9.47 Å². The van der Waals surface area contributed by atoms with E-state index >= 15 is 0 Å². The second kappa shape index (κ2) is 13.2. The highest BCUT2D eigenvalue weighted by Gasteiger charge is 2.33. The van der Waals surface area contributed by atoms with Crippen molar-refractivity contribution in [2.24, 2.45) is 5.92 Å². The van der Waals surface area contributed by atoms with E-state index in [1.165, 1.54) is 26.4 Å². The Labute approximate surface area is 320 Å². The normalized spacial score (nSPS) is 18.0. The standard InChI is InChI=1S/C46H47NO8/c1-20-8-23(4)40-32(11-20)42(37(51)18-35(40)49)29-16-31(46(53)44-26(29)10-22(3)13-39(44)55-7)30-15-28(25-9-21(2)12-38(54-6)43(25)45(30)52)41-27-14-24(5)47-19-33(27)34(48)17-36(41)50/h9-10,12-13,15-18,20,23-24,47-53H,8,11,14,19H2,1-7H3/t20-,23-,24-/m1/s1. The zero-order valence-corrected chi connectivity index (χ0v) is 32.2. The highest BCUT2D eigenvalue weighted by Crippen LogP contribution is 2.56. The molecule has 0 radical (unpaired) electrons. The van der Waals surface area contributed by atoms with Gasteiger partial charge in [-0.05, 0) is 120 Å². The zero-order valence-electron chi connectivity index (χ0n) is 32.2. The van der Waals surface area contributed by atoms with Crippen molar-refractivity contribution >= 4 is 21.5 Å². The van der Waals surface area contributed by atoms with Crippen LogP contribution in [0, 0.1) is 19.8 Å². The SMILES string of the molecule is COc1cc(C)cc2c(-c3c(O)cc(O)c4c3C[C@@H](C)NC4)cc(-c3cc(-c4c(O)cc(O)c5c4C[C@H](C)C[C@H]5C)c4cc(C)cc(OC)c4c3O)c(O)c12. The molecule has 6 aromatic carbocycles. The van der Waals surface area contributed by atoms with E-state index in [9.17, 15) is 30.6 Å². The number of benzene rings is 6. The summed E-state index contributed by atoms with van der Waals surface area (Å²) in [6.45, 7) is 10.6. The number of fused-ring (bicyclic) bond motifs is 4. The van der Waals surface area contributed by atoms with E-state index in [1.807, 2.05) is 45.0 Å². The largest absolute Gasteiger partial charge is 0.508 e. The van der Waals surface area contributed by atoms with Gasteiger partial charge in [-0.2, -0.15) is 0 Å². The molecule has 7 N–H and O–H groups in total. The Morgan fingerprint density at radius 1 is 0.564 bits per heavy atom. The molecule has 0 amide bonds. The van der Waals surface area contributed by atoms with Crippen LogP contribution < -0.4 is 14.8 Å². The van der Waals surface area contributed by atoms with Gasteiger partial charge in [0.2, 0.25) is 0 Å². The Hall–Kier alpha value is -5.80. The van der Waals surface area contributed by atoms with Crippen LogP contribution in [-0.2, 0) is 19.4 Å². The molecule has 9 heteroatoms. The topological polar surface area (TPSA) is 152 Å². The lowest BCUT2D eigenvalue weighted by atomic mass is 9.74. The van der Waals surface area contributed by atoms with Crippen LogP contribution in [0.4, 0.5) is 0 Å². The van der Waals surface area contributed by atoms with E-state index < -0.39 is 0 Å². The minimum absolute atomic E-state index is 0.00685. The molecule has 0 saturated carbocycles. The fraction of sp³-hybridized carbons (Fsp3) is 0.304. The molecule has 284 valence electrons. The van der Waals surface area contributed by atoms with Crippen molar-refractivity contribution in [1.29, 1.82) is 0 Å². The Morgan fingerprint density at radius 3 is 1.60 bits per heavy atom. The van der Waals surface area contributed by atoms with Crippen molar-refractivity contribution < 1.29 is 40.1 Å². The number of phenols is 6. The Balaban J connectivity index is 1.55. The number of nitrogens with one attached hydrogen (secondary N) is 1. The molecule has 1 aliphatic heterocycles. The molecule has 8 rings (SSSR count). The van der Waals surface area contributed by atoms with E-state index in [0.29, 0.717) is 80.2 Å². The molecule has 0 fully saturated rings. The number of aromatic hydroxyl groups is 6. The van der Waals surface area contributed by atoms with Gasteiger partial charge in [-0.25, -0.2) is 0 Å². The molecule has 1 heterocycles. The molecular formula is C46H47NO8. The van der Waals surface area contributed by atoms with Crippen LogP contribution in [-0.4, -0.2) is 50.9 Å². The van der Waals surface area contributed by atoms with Gasteiger partial charge in [-0.1, -0.05) is 26.0 Å². The van der Waals surface area contributed by atoms with Gasteiger partial charge in [0.05, 0.1) is 25.0 Å². The molecular weight excluding hydrogens is 695 g/mol. The minimum atomic E-state index is -0.149. The molecule has 6 aromatic rings. The van der Waals surface area contributed by atoms with Crippen LogP contribution in [0.5, 0.6) is 46.0 Å². The molecule has 55 heavy (non-hydrogen) atoms. The molecule has 9 nitrogen and oxygen atoms in total. The summed E-state index contributed by atoms with van der Waals surface area (Å²) in [4.78, 5) is 0. The number of rotatable bonds is 5. The predicted molar refractivity (Wildman–Crippen MR) is 216 cm³/mol. The van der Waals surface area contributed by atoms with Crippen molar-refractivity contribution in [2.45, 2.75) is 72.4 Å². The van der Waals surface area contributed by atoms with Crippen LogP contribution in [0.1, 0.15) is 66.5 Å².